The van der Waals surface area contributed by atoms with Crippen LogP contribution in [0.25, 0.3) is 0 Å². The van der Waals surface area contributed by atoms with Crippen molar-refractivity contribution in [3.05, 3.63) is 17.5 Å². The number of carbonyl (C=O) groups excluding carboxylic acids is 1. The third-order valence-electron chi connectivity index (χ3n) is 2.22. The lowest BCUT2D eigenvalue weighted by Gasteiger charge is -2.11. The van der Waals surface area contributed by atoms with Gasteiger partial charge in [0.25, 0.3) is 5.91 Å². The van der Waals surface area contributed by atoms with Crippen molar-refractivity contribution in [2.24, 2.45) is 0 Å². The largest absolute Gasteiger partial charge is 0.361 e. The lowest BCUT2D eigenvalue weighted by atomic mass is 10.3. The Labute approximate surface area is 92.4 Å². The van der Waals surface area contributed by atoms with Crippen LogP contribution in [0.4, 0.5) is 0 Å². The van der Waals surface area contributed by atoms with E-state index in [1.807, 2.05) is 6.92 Å². The van der Waals surface area contributed by atoms with Gasteiger partial charge in [-0.15, -0.1) is 0 Å². The van der Waals surface area contributed by atoms with E-state index in [-0.39, 0.29) is 11.9 Å². The van der Waals surface area contributed by atoms with E-state index in [1.54, 1.807) is 13.0 Å². The zero-order chi connectivity index (χ0) is 11.0. The first kappa shape index (κ1) is 10.1. The van der Waals surface area contributed by atoms with Crippen molar-refractivity contribution in [1.82, 2.24) is 15.4 Å². The molecular formula is C9H11N3O2S. The molecule has 1 fully saturated rings. The molecule has 0 bridgehead atoms. The first-order chi connectivity index (χ1) is 7.08. The van der Waals surface area contributed by atoms with Crippen LogP contribution in [0.5, 0.6) is 0 Å². The summed E-state index contributed by atoms with van der Waals surface area (Å²) in [5.41, 5.74) is 0.708. The first-order valence-corrected chi connectivity index (χ1v) is 5.03. The van der Waals surface area contributed by atoms with E-state index >= 15 is 0 Å². The zero-order valence-electron chi connectivity index (χ0n) is 8.48. The summed E-state index contributed by atoms with van der Waals surface area (Å²) in [5, 5.41) is 7.16. The Morgan fingerprint density at radius 1 is 1.73 bits per heavy atom. The van der Waals surface area contributed by atoms with E-state index in [4.69, 9.17) is 16.7 Å². The van der Waals surface area contributed by atoms with Crippen LogP contribution in [0.15, 0.2) is 10.6 Å². The van der Waals surface area contributed by atoms with E-state index in [2.05, 4.69) is 10.5 Å². The number of amides is 1. The molecule has 1 atom stereocenters. The van der Waals surface area contributed by atoms with Crippen LogP contribution in [-0.2, 0) is 11.3 Å². The van der Waals surface area contributed by atoms with Gasteiger partial charge in [0, 0.05) is 6.07 Å². The summed E-state index contributed by atoms with van der Waals surface area (Å²) in [6.07, 6.45) is 0. The van der Waals surface area contributed by atoms with Gasteiger partial charge in [-0.25, -0.2) is 0 Å². The molecule has 1 saturated heterocycles. The Balaban J connectivity index is 2.12. The summed E-state index contributed by atoms with van der Waals surface area (Å²) in [4.78, 5) is 13.1. The monoisotopic (exact) mass is 225 g/mol. The molecular weight excluding hydrogens is 214 g/mol. The molecule has 1 unspecified atom stereocenters. The maximum absolute atomic E-state index is 11.6. The van der Waals surface area contributed by atoms with Gasteiger partial charge < -0.3 is 9.84 Å². The van der Waals surface area contributed by atoms with Crippen molar-refractivity contribution < 1.29 is 9.32 Å². The molecule has 5 nitrogen and oxygen atoms in total. The van der Waals surface area contributed by atoms with Gasteiger partial charge in [-0.3, -0.25) is 9.69 Å². The molecule has 0 saturated carbocycles. The molecule has 15 heavy (non-hydrogen) atoms. The molecule has 2 heterocycles. The van der Waals surface area contributed by atoms with Crippen LogP contribution in [0.2, 0.25) is 0 Å². The minimum Gasteiger partial charge on any atom is -0.361 e. The SMILES string of the molecule is Cc1cc(CN2C(=O)C(C)NC2=S)no1. The maximum Gasteiger partial charge on any atom is 0.251 e. The van der Waals surface area contributed by atoms with Gasteiger partial charge in [0.05, 0.1) is 6.54 Å². The maximum atomic E-state index is 11.6. The van der Waals surface area contributed by atoms with E-state index in [0.717, 1.165) is 5.76 Å². The van der Waals surface area contributed by atoms with E-state index in [9.17, 15) is 4.79 Å². The van der Waals surface area contributed by atoms with Crippen molar-refractivity contribution >= 4 is 23.2 Å². The Morgan fingerprint density at radius 3 is 2.93 bits per heavy atom. The Kier molecular flexibility index (Phi) is 2.44. The summed E-state index contributed by atoms with van der Waals surface area (Å²) < 4.78 is 4.92. The van der Waals surface area contributed by atoms with Gasteiger partial charge >= 0.3 is 0 Å². The number of aromatic nitrogens is 1. The number of nitrogens with zero attached hydrogens (tertiary/aromatic N) is 2. The summed E-state index contributed by atoms with van der Waals surface area (Å²) >= 11 is 5.04. The highest BCUT2D eigenvalue weighted by molar-refractivity contribution is 7.80. The van der Waals surface area contributed by atoms with E-state index in [1.165, 1.54) is 4.90 Å². The van der Waals surface area contributed by atoms with Crippen LogP contribution >= 0.6 is 12.2 Å². The smallest absolute Gasteiger partial charge is 0.251 e. The topological polar surface area (TPSA) is 58.4 Å². The fourth-order valence-electron chi connectivity index (χ4n) is 1.46. The van der Waals surface area contributed by atoms with Crippen LogP contribution in [0.1, 0.15) is 18.4 Å². The Hall–Kier alpha value is -1.43. The molecule has 0 aliphatic carbocycles. The van der Waals surface area contributed by atoms with Gasteiger partial charge in [-0.1, -0.05) is 5.16 Å². The van der Waals surface area contributed by atoms with Crippen molar-refractivity contribution in [3.8, 4) is 0 Å². The highest BCUT2D eigenvalue weighted by atomic mass is 32.1. The number of hydrogen-bond donors (Lipinski definition) is 1. The summed E-state index contributed by atoms with van der Waals surface area (Å²) in [6, 6.07) is 1.55. The molecule has 2 rings (SSSR count). The van der Waals surface area contributed by atoms with Crippen molar-refractivity contribution in [2.45, 2.75) is 26.4 Å². The average Bonchev–Trinajstić information content (AvgIpc) is 2.67. The number of nitrogens with one attached hydrogen (secondary N) is 1. The quantitative estimate of drug-likeness (QED) is 0.746. The molecule has 0 aromatic carbocycles. The van der Waals surface area contributed by atoms with Gasteiger partial charge in [0.2, 0.25) is 0 Å². The second-order valence-corrected chi connectivity index (χ2v) is 3.91. The number of thiocarbonyl (C=S) groups is 1. The normalized spacial score (nSPS) is 20.9. The predicted octanol–water partition coefficient (Wildman–Crippen LogP) is 0.588. The fraction of sp³-hybridized carbons (Fsp3) is 0.444. The van der Waals surface area contributed by atoms with Crippen LogP contribution in [0.3, 0.4) is 0 Å². The standard InChI is InChI=1S/C9H11N3O2S/c1-5-3-7(11-14-5)4-12-8(13)6(2)10-9(12)15/h3,6H,4H2,1-2H3,(H,10,15). The van der Waals surface area contributed by atoms with Crippen LogP contribution in [0, 0.1) is 6.92 Å². The van der Waals surface area contributed by atoms with E-state index < -0.39 is 0 Å². The van der Waals surface area contributed by atoms with Gasteiger partial charge in [-0.05, 0) is 26.1 Å². The van der Waals surface area contributed by atoms with Crippen molar-refractivity contribution in [2.75, 3.05) is 0 Å². The van der Waals surface area contributed by atoms with Crippen molar-refractivity contribution in [1.29, 1.82) is 0 Å². The summed E-state index contributed by atoms with van der Waals surface area (Å²) in [5.74, 6) is 0.698. The highest BCUT2D eigenvalue weighted by Crippen LogP contribution is 2.11. The molecule has 0 radical (unpaired) electrons. The van der Waals surface area contributed by atoms with Crippen molar-refractivity contribution in [3.63, 3.8) is 0 Å². The summed E-state index contributed by atoms with van der Waals surface area (Å²) in [7, 11) is 0. The minimum atomic E-state index is -0.245. The van der Waals surface area contributed by atoms with Gasteiger partial charge in [0.15, 0.2) is 5.11 Å². The average molecular weight is 225 g/mol. The molecule has 0 spiro atoms. The number of aryl methyl sites for hydroxylation is 1. The number of hydrogen-bond acceptors (Lipinski definition) is 4. The minimum absolute atomic E-state index is 0.0272. The number of carbonyl (C=O) groups is 1. The molecule has 80 valence electrons. The van der Waals surface area contributed by atoms with Crippen LogP contribution in [-0.4, -0.2) is 27.1 Å². The number of rotatable bonds is 2. The molecule has 1 aliphatic heterocycles. The fourth-order valence-corrected chi connectivity index (χ4v) is 1.79. The summed E-state index contributed by atoms with van der Waals surface area (Å²) in [6.45, 7) is 3.95. The first-order valence-electron chi connectivity index (χ1n) is 4.62. The lowest BCUT2D eigenvalue weighted by Crippen LogP contribution is -2.30. The third kappa shape index (κ3) is 1.85. The third-order valence-corrected chi connectivity index (χ3v) is 2.56. The Bertz CT molecular complexity index is 415. The molecule has 1 aromatic heterocycles. The Morgan fingerprint density at radius 2 is 2.47 bits per heavy atom. The van der Waals surface area contributed by atoms with Gasteiger partial charge in [-0.2, -0.15) is 0 Å². The second-order valence-electron chi connectivity index (χ2n) is 3.52. The molecule has 1 amide bonds. The zero-order valence-corrected chi connectivity index (χ0v) is 9.30. The lowest BCUT2D eigenvalue weighted by molar-refractivity contribution is -0.127. The predicted molar refractivity (Wildman–Crippen MR) is 57.0 cm³/mol. The molecule has 1 aliphatic rings. The van der Waals surface area contributed by atoms with Crippen LogP contribution < -0.4 is 5.32 Å². The molecule has 1 N–H and O–H groups in total. The van der Waals surface area contributed by atoms with Gasteiger partial charge in [0.1, 0.15) is 17.5 Å². The second kappa shape index (κ2) is 3.62. The molecule has 6 heteroatoms. The van der Waals surface area contributed by atoms with E-state index in [0.29, 0.717) is 17.4 Å². The molecule has 1 aromatic rings. The highest BCUT2D eigenvalue weighted by Gasteiger charge is 2.32.